The molecule has 0 spiro atoms. The van der Waals surface area contributed by atoms with Gasteiger partial charge in [-0.05, 0) is 382 Å². The van der Waals surface area contributed by atoms with Crippen molar-refractivity contribution in [1.29, 1.82) is 0 Å². The molecule has 0 N–H and O–H groups in total. The van der Waals surface area contributed by atoms with Crippen LogP contribution in [-0.4, -0.2) is 19.9 Å². The van der Waals surface area contributed by atoms with Crippen LogP contribution < -0.4 is 19.9 Å². The molecule has 0 radical (unpaired) electrons. The SMILES string of the molecule is Cc1cc(C)c(-c2c3nc(c(-c4c(C)cc(C)cc4C)c4ccc([n-]4)c(-c4c(C)cc(C)cc4C)c4nc(c(-c5ccc(C#Cc6cc(C#Cc7ccc(-c8c9nc(c(-c%10c(C)cc(C)cc%10C)c%10ccc([n-]%10)c(-c%10c(C)cc(C)cc%10C)c%10nc(c(-c%11c(C)cc(C)cc%11C)c%11ccc8[n-]%11)C=C%10)C=C9)cc7)cc(C(C)(C)C)c6)cc5)c5ccc2[n-]5)C=C4)C=C3)c(C)c1.[Zn+2].[Zn+2]. The van der Waals surface area contributed by atoms with Gasteiger partial charge in [0.25, 0.3) is 0 Å². The predicted octanol–water partition coefficient (Wildman–Crippen LogP) is 29.1. The maximum absolute atomic E-state index is 5.71. The summed E-state index contributed by atoms with van der Waals surface area (Å²) in [6, 6.07) is 68.2. The van der Waals surface area contributed by atoms with E-state index in [0.29, 0.717) is 0 Å². The molecule has 0 saturated carbocycles. The van der Waals surface area contributed by atoms with Crippen molar-refractivity contribution in [2.45, 2.75) is 151 Å². The molecule has 10 heterocycles. The molecule has 0 saturated heterocycles. The number of hydrogen-bond donors (Lipinski definition) is 0. The molecule has 0 aliphatic carbocycles. The molecule has 19 rings (SSSR count). The first-order valence-electron chi connectivity index (χ1n) is 44.4. The van der Waals surface area contributed by atoms with Gasteiger partial charge in [0.05, 0.1) is 45.6 Å². The summed E-state index contributed by atoms with van der Waals surface area (Å²) in [6.07, 6.45) is 17.3. The minimum atomic E-state index is -0.200. The molecule has 626 valence electrons. The Morgan fingerprint density at radius 2 is 0.362 bits per heavy atom. The Labute approximate surface area is 790 Å². The fraction of sp³-hybridized carbons (Fsp3) is 0.183. The van der Waals surface area contributed by atoms with Crippen LogP contribution in [0.5, 0.6) is 0 Å². The second kappa shape index (κ2) is 34.9. The van der Waals surface area contributed by atoms with Gasteiger partial charge >= 0.3 is 39.0 Å². The Balaban J connectivity index is 0.00000592. The van der Waals surface area contributed by atoms with Crippen molar-refractivity contribution in [1.82, 2.24) is 39.9 Å². The van der Waals surface area contributed by atoms with Crippen LogP contribution in [-0.2, 0) is 44.4 Å². The van der Waals surface area contributed by atoms with E-state index in [0.717, 1.165) is 251 Å². The smallest absolute Gasteiger partial charge is 0.657 e. The zero-order valence-corrected chi connectivity index (χ0v) is 84.4. The van der Waals surface area contributed by atoms with Crippen LogP contribution in [0.2, 0.25) is 0 Å². The van der Waals surface area contributed by atoms with E-state index in [-0.39, 0.29) is 44.4 Å². The van der Waals surface area contributed by atoms with Gasteiger partial charge < -0.3 is 19.9 Å². The first-order chi connectivity index (χ1) is 61.4. The number of aryl methyl sites for hydroxylation is 18. The minimum absolute atomic E-state index is 0. The summed E-state index contributed by atoms with van der Waals surface area (Å²) in [5.41, 5.74) is 55.2. The number of fused-ring (bicyclic) bond motifs is 16. The van der Waals surface area contributed by atoms with Crippen LogP contribution in [0.4, 0.5) is 0 Å². The van der Waals surface area contributed by atoms with Gasteiger partial charge in [0.1, 0.15) is 0 Å². The third-order valence-electron chi connectivity index (χ3n) is 25.6. The van der Waals surface area contributed by atoms with Gasteiger partial charge in [0.2, 0.25) is 0 Å². The largest absolute Gasteiger partial charge is 2.00 e. The van der Waals surface area contributed by atoms with E-state index >= 15 is 0 Å². The van der Waals surface area contributed by atoms with Gasteiger partial charge in [0, 0.05) is 22.3 Å². The Morgan fingerprint density at radius 3 is 0.546 bits per heavy atom. The van der Waals surface area contributed by atoms with Gasteiger partial charge in [-0.2, -0.15) is 0 Å². The van der Waals surface area contributed by atoms with Gasteiger partial charge in [-0.25, -0.2) is 19.9 Å². The fourth-order valence-electron chi connectivity index (χ4n) is 20.7. The molecule has 0 fully saturated rings. The number of rotatable bonds is 8. The Bertz CT molecular complexity index is 7270. The molecule has 0 unspecified atom stereocenters. The topological polar surface area (TPSA) is 108 Å². The predicted molar refractivity (Wildman–Crippen MR) is 539 cm³/mol. The molecule has 8 nitrogen and oxygen atoms in total. The number of nitrogens with zero attached hydrogens (tertiary/aromatic N) is 8. The Hall–Kier alpha value is -13.5. The molecule has 0 amide bonds. The van der Waals surface area contributed by atoms with Crippen molar-refractivity contribution in [2.75, 3.05) is 0 Å². The standard InChI is InChI=1S/C120H102N8.2Zn/c1-65-50-71(7)106(72(8)51-65)114-94-38-34-90(121-94)112(91-35-39-95(122-91)115(107-73(9)52-66(2)53-74(107)10)99-43-47-103(126-99)118(102-46-42-98(114)125-102)110-79(15)58-69(5)59-80(110)16)87-30-26-83(27-31-87)22-24-85-62-86(64-89(63-85)120(19,20)21)25-23-84-28-32-88(33-29-84)113-92-36-40-96(123-92)116(108-75(11)54-67(3)55-76(108)12)100-44-48-104(127-100)119(111-81(17)60-70(6)61-82(111)18)105-49-45-101(128-105)117(97-41-37-93(113)124-97)109-77(13)56-68(4)57-78(109)14;;/h26-64H,1-21H3;;/q-4;2*+2. The third-order valence-corrected chi connectivity index (χ3v) is 25.6. The van der Waals surface area contributed by atoms with Crippen LogP contribution in [0.15, 0.2) is 188 Å². The molecule has 130 heavy (non-hydrogen) atoms. The first kappa shape index (κ1) is 88.6. The van der Waals surface area contributed by atoms with Crippen molar-refractivity contribution < 1.29 is 39.0 Å². The summed E-state index contributed by atoms with van der Waals surface area (Å²) in [7, 11) is 0. The molecular weight excluding hydrogens is 1680 g/mol. The number of hydrogen-bond acceptors (Lipinski definition) is 4. The molecule has 4 aliphatic heterocycles. The van der Waals surface area contributed by atoms with E-state index in [2.05, 4.69) is 406 Å². The normalized spacial score (nSPS) is 12.0. The van der Waals surface area contributed by atoms with Crippen molar-refractivity contribution in [3.63, 3.8) is 0 Å². The molecule has 15 aromatic rings. The first-order valence-corrected chi connectivity index (χ1v) is 44.4. The third kappa shape index (κ3) is 16.6. The van der Waals surface area contributed by atoms with E-state index in [1.54, 1.807) is 0 Å². The molecule has 9 aromatic carbocycles. The van der Waals surface area contributed by atoms with Crippen molar-refractivity contribution >= 4 is 92.7 Å². The summed E-state index contributed by atoms with van der Waals surface area (Å²) < 4.78 is 0. The monoisotopic (exact) mass is 1780 g/mol. The maximum Gasteiger partial charge on any atom is 2.00 e. The van der Waals surface area contributed by atoms with Gasteiger partial charge in [-0.3, -0.25) is 0 Å². The van der Waals surface area contributed by atoms with Crippen LogP contribution >= 0.6 is 0 Å². The van der Waals surface area contributed by atoms with E-state index < -0.39 is 0 Å². The molecule has 0 atom stereocenters. The van der Waals surface area contributed by atoms with E-state index in [4.69, 9.17) is 39.9 Å². The van der Waals surface area contributed by atoms with Crippen molar-refractivity contribution in [3.8, 4) is 113 Å². The summed E-state index contributed by atoms with van der Waals surface area (Å²) in [4.78, 5) is 45.6. The van der Waals surface area contributed by atoms with Crippen LogP contribution in [0.25, 0.3) is 182 Å². The zero-order valence-electron chi connectivity index (χ0n) is 78.5. The average Bonchev–Trinajstić information content (AvgIpc) is 1.59. The summed E-state index contributed by atoms with van der Waals surface area (Å²) in [5.74, 6) is 14.4. The minimum Gasteiger partial charge on any atom is -0.657 e. The van der Waals surface area contributed by atoms with Crippen molar-refractivity contribution in [2.24, 2.45) is 0 Å². The van der Waals surface area contributed by atoms with Crippen molar-refractivity contribution in [3.05, 3.63) is 362 Å². The Morgan fingerprint density at radius 1 is 0.192 bits per heavy atom. The molecule has 10 heteroatoms. The molecule has 16 bridgehead atoms. The maximum atomic E-state index is 5.71. The summed E-state index contributed by atoms with van der Waals surface area (Å²) >= 11 is 0. The number of benzene rings is 9. The van der Waals surface area contributed by atoms with E-state index in [1.165, 1.54) is 55.6 Å². The van der Waals surface area contributed by atoms with E-state index in [1.807, 2.05) is 0 Å². The second-order valence-electron chi connectivity index (χ2n) is 37.1. The zero-order chi connectivity index (χ0) is 89.3. The molecular formula is C120H102N8Zn2. The molecule has 4 aliphatic rings. The fourth-order valence-corrected chi connectivity index (χ4v) is 20.7. The summed E-state index contributed by atoms with van der Waals surface area (Å²) in [6.45, 7) is 46.2. The van der Waals surface area contributed by atoms with Crippen LogP contribution in [0, 0.1) is 148 Å². The van der Waals surface area contributed by atoms with Gasteiger partial charge in [0.15, 0.2) is 0 Å². The number of aromatic nitrogens is 8. The summed E-state index contributed by atoms with van der Waals surface area (Å²) in [5, 5.41) is 0. The molecule has 6 aromatic heterocycles. The Kier molecular flexibility index (Phi) is 23.7. The van der Waals surface area contributed by atoms with E-state index in [9.17, 15) is 0 Å². The second-order valence-corrected chi connectivity index (χ2v) is 37.1. The van der Waals surface area contributed by atoms with Crippen LogP contribution in [0.3, 0.4) is 0 Å². The van der Waals surface area contributed by atoms with Crippen LogP contribution in [0.1, 0.15) is 194 Å². The quantitative estimate of drug-likeness (QED) is 0.109. The van der Waals surface area contributed by atoms with Gasteiger partial charge in [-0.1, -0.05) is 223 Å². The average molecular weight is 1790 g/mol. The van der Waals surface area contributed by atoms with Gasteiger partial charge in [-0.15, -0.1) is 44.1 Å².